The minimum atomic E-state index is 0.399. The number of thioether (sulfide) groups is 1. The van der Waals surface area contributed by atoms with Gasteiger partial charge in [0.05, 0.1) is 0 Å². The second-order valence-electron chi connectivity index (χ2n) is 4.91. The smallest absolute Gasteiger partial charge is 0.136 e. The highest BCUT2D eigenvalue weighted by Gasteiger charge is 2.07. The molecule has 19 heavy (non-hydrogen) atoms. The van der Waals surface area contributed by atoms with Crippen LogP contribution in [-0.4, -0.2) is 27.9 Å². The molecule has 2 nitrogen and oxygen atoms in total. The molecular formula is C15H23NOS2. The molecule has 0 radical (unpaired) electrons. The van der Waals surface area contributed by atoms with Gasteiger partial charge in [0.2, 0.25) is 0 Å². The zero-order valence-corrected chi connectivity index (χ0v) is 13.8. The van der Waals surface area contributed by atoms with Crippen LogP contribution in [0.4, 0.5) is 0 Å². The van der Waals surface area contributed by atoms with E-state index in [2.05, 4.69) is 18.9 Å². The lowest BCUT2D eigenvalue weighted by molar-refractivity contribution is 0.466. The van der Waals surface area contributed by atoms with E-state index in [1.54, 1.807) is 11.8 Å². The third-order valence-corrected chi connectivity index (χ3v) is 4.77. The molecule has 0 fully saturated rings. The van der Waals surface area contributed by atoms with Gasteiger partial charge in [-0.25, -0.2) is 0 Å². The van der Waals surface area contributed by atoms with Crippen LogP contribution in [0.5, 0.6) is 5.75 Å². The van der Waals surface area contributed by atoms with E-state index >= 15 is 0 Å². The van der Waals surface area contributed by atoms with Gasteiger partial charge in [0, 0.05) is 19.3 Å². The van der Waals surface area contributed by atoms with Gasteiger partial charge in [-0.3, -0.25) is 0 Å². The number of thiocarbonyl (C=S) groups is 1. The Kier molecular flexibility index (Phi) is 6.66. The SMILES string of the molecule is CCCCN(C)C(=S)SCc1cc(C)c(O)c(C)c1. The lowest BCUT2D eigenvalue weighted by Crippen LogP contribution is -2.23. The Morgan fingerprint density at radius 1 is 1.32 bits per heavy atom. The number of hydrogen-bond acceptors (Lipinski definition) is 3. The first-order valence-electron chi connectivity index (χ1n) is 6.62. The van der Waals surface area contributed by atoms with Crippen LogP contribution in [0, 0.1) is 13.8 Å². The number of rotatable bonds is 5. The van der Waals surface area contributed by atoms with E-state index in [0.29, 0.717) is 5.75 Å². The maximum atomic E-state index is 9.75. The molecule has 0 heterocycles. The van der Waals surface area contributed by atoms with E-state index in [1.807, 2.05) is 26.0 Å². The molecule has 0 amide bonds. The van der Waals surface area contributed by atoms with Crippen molar-refractivity contribution in [1.82, 2.24) is 4.90 Å². The third-order valence-electron chi connectivity index (χ3n) is 3.07. The Morgan fingerprint density at radius 2 is 1.89 bits per heavy atom. The van der Waals surface area contributed by atoms with Crippen LogP contribution in [0.1, 0.15) is 36.5 Å². The van der Waals surface area contributed by atoms with Crippen molar-refractivity contribution >= 4 is 28.3 Å². The van der Waals surface area contributed by atoms with Crippen molar-refractivity contribution in [2.75, 3.05) is 13.6 Å². The van der Waals surface area contributed by atoms with Crippen LogP contribution >= 0.6 is 24.0 Å². The summed E-state index contributed by atoms with van der Waals surface area (Å²) in [6.07, 6.45) is 2.36. The summed E-state index contributed by atoms with van der Waals surface area (Å²) >= 11 is 7.11. The maximum absolute atomic E-state index is 9.75. The summed E-state index contributed by atoms with van der Waals surface area (Å²) in [5.41, 5.74) is 3.07. The highest BCUT2D eigenvalue weighted by Crippen LogP contribution is 2.25. The number of unbranched alkanes of at least 4 members (excludes halogenated alkanes) is 1. The molecule has 0 aliphatic heterocycles. The van der Waals surface area contributed by atoms with Gasteiger partial charge in [0.1, 0.15) is 10.1 Å². The van der Waals surface area contributed by atoms with Gasteiger partial charge in [-0.15, -0.1) is 0 Å². The van der Waals surface area contributed by atoms with Crippen molar-refractivity contribution in [2.45, 2.75) is 39.4 Å². The average molecular weight is 297 g/mol. The molecule has 0 unspecified atom stereocenters. The lowest BCUT2D eigenvalue weighted by Gasteiger charge is -2.19. The first kappa shape index (κ1) is 16.3. The highest BCUT2D eigenvalue weighted by atomic mass is 32.2. The van der Waals surface area contributed by atoms with Crippen molar-refractivity contribution in [3.8, 4) is 5.75 Å². The molecule has 1 N–H and O–H groups in total. The number of benzene rings is 1. The predicted octanol–water partition coefficient (Wildman–Crippen LogP) is 4.26. The normalized spacial score (nSPS) is 10.5. The third kappa shape index (κ3) is 5.03. The highest BCUT2D eigenvalue weighted by molar-refractivity contribution is 8.22. The average Bonchev–Trinajstić information content (AvgIpc) is 2.39. The molecule has 0 aliphatic carbocycles. The van der Waals surface area contributed by atoms with Gasteiger partial charge in [-0.05, 0) is 37.0 Å². The Morgan fingerprint density at radius 3 is 2.42 bits per heavy atom. The zero-order valence-electron chi connectivity index (χ0n) is 12.2. The summed E-state index contributed by atoms with van der Waals surface area (Å²) in [5.74, 6) is 1.26. The Labute approximate surface area is 126 Å². The summed E-state index contributed by atoms with van der Waals surface area (Å²) in [4.78, 5) is 2.14. The fourth-order valence-electron chi connectivity index (χ4n) is 1.87. The monoisotopic (exact) mass is 297 g/mol. The summed E-state index contributed by atoms with van der Waals surface area (Å²) < 4.78 is 0.942. The second-order valence-corrected chi connectivity index (χ2v) is 6.52. The Balaban J connectivity index is 2.55. The van der Waals surface area contributed by atoms with Crippen LogP contribution in [0.15, 0.2) is 12.1 Å². The van der Waals surface area contributed by atoms with E-state index in [9.17, 15) is 5.11 Å². The predicted molar refractivity (Wildman–Crippen MR) is 89.0 cm³/mol. The molecule has 0 bridgehead atoms. The summed E-state index contributed by atoms with van der Waals surface area (Å²) in [5, 5.41) is 9.75. The van der Waals surface area contributed by atoms with E-state index in [4.69, 9.17) is 12.2 Å². The standard InChI is InChI=1S/C15H23NOS2/c1-5-6-7-16(4)15(18)19-10-13-8-11(2)14(17)12(3)9-13/h8-9,17H,5-7,10H2,1-4H3. The summed E-state index contributed by atoms with van der Waals surface area (Å²) in [7, 11) is 2.05. The van der Waals surface area contributed by atoms with E-state index in [0.717, 1.165) is 27.7 Å². The number of aromatic hydroxyl groups is 1. The molecule has 0 aromatic heterocycles. The molecule has 1 rings (SSSR count). The van der Waals surface area contributed by atoms with E-state index in [1.165, 1.54) is 18.4 Å². The second kappa shape index (κ2) is 7.75. The van der Waals surface area contributed by atoms with Crippen LogP contribution in [0.3, 0.4) is 0 Å². The molecule has 106 valence electrons. The Bertz CT molecular complexity index is 423. The molecule has 1 aromatic rings. The van der Waals surface area contributed by atoms with Crippen LogP contribution < -0.4 is 0 Å². The fourth-order valence-corrected chi connectivity index (χ4v) is 2.91. The van der Waals surface area contributed by atoms with Crippen LogP contribution in [0.25, 0.3) is 0 Å². The first-order chi connectivity index (χ1) is 8.95. The minimum Gasteiger partial charge on any atom is -0.507 e. The molecule has 4 heteroatoms. The summed E-state index contributed by atoms with van der Waals surface area (Å²) in [6.45, 7) is 7.08. The number of nitrogens with zero attached hydrogens (tertiary/aromatic N) is 1. The topological polar surface area (TPSA) is 23.5 Å². The van der Waals surface area contributed by atoms with Gasteiger partial charge in [0.25, 0.3) is 0 Å². The van der Waals surface area contributed by atoms with E-state index in [-0.39, 0.29) is 0 Å². The quantitative estimate of drug-likeness (QED) is 0.820. The van der Waals surface area contributed by atoms with Gasteiger partial charge in [-0.2, -0.15) is 0 Å². The molecule has 0 saturated heterocycles. The van der Waals surface area contributed by atoms with E-state index < -0.39 is 0 Å². The van der Waals surface area contributed by atoms with Gasteiger partial charge >= 0.3 is 0 Å². The van der Waals surface area contributed by atoms with Gasteiger partial charge in [0.15, 0.2) is 0 Å². The molecule has 0 aliphatic rings. The minimum absolute atomic E-state index is 0.399. The number of phenolic OH excluding ortho intramolecular Hbond substituents is 1. The first-order valence-corrected chi connectivity index (χ1v) is 8.02. The van der Waals surface area contributed by atoms with Gasteiger partial charge in [-0.1, -0.05) is 49.5 Å². The lowest BCUT2D eigenvalue weighted by atomic mass is 10.1. The Hall–Kier alpha value is -0.740. The maximum Gasteiger partial charge on any atom is 0.136 e. The summed E-state index contributed by atoms with van der Waals surface area (Å²) in [6, 6.07) is 4.06. The molecule has 0 atom stereocenters. The number of phenols is 1. The van der Waals surface area contributed by atoms with Crippen molar-refractivity contribution in [1.29, 1.82) is 0 Å². The largest absolute Gasteiger partial charge is 0.507 e. The van der Waals surface area contributed by atoms with Gasteiger partial charge < -0.3 is 10.0 Å². The molecule has 0 saturated carbocycles. The molecule has 0 spiro atoms. The van der Waals surface area contributed by atoms with Crippen molar-refractivity contribution in [2.24, 2.45) is 0 Å². The number of hydrogen-bond donors (Lipinski definition) is 1. The van der Waals surface area contributed by atoms with Crippen LogP contribution in [0.2, 0.25) is 0 Å². The van der Waals surface area contributed by atoms with Crippen molar-refractivity contribution < 1.29 is 5.11 Å². The fraction of sp³-hybridized carbons (Fsp3) is 0.533. The van der Waals surface area contributed by atoms with Crippen LogP contribution in [-0.2, 0) is 5.75 Å². The molecular weight excluding hydrogens is 274 g/mol. The molecule has 1 aromatic carbocycles. The van der Waals surface area contributed by atoms with Crippen molar-refractivity contribution in [3.05, 3.63) is 28.8 Å². The zero-order chi connectivity index (χ0) is 14.4. The number of aryl methyl sites for hydroxylation is 2. The van der Waals surface area contributed by atoms with Crippen molar-refractivity contribution in [3.63, 3.8) is 0 Å².